The molecule has 2 aliphatic heterocycles. The van der Waals surface area contributed by atoms with E-state index in [4.69, 9.17) is 18.8 Å². The lowest BCUT2D eigenvalue weighted by molar-refractivity contribution is -0.0343. The van der Waals surface area contributed by atoms with Gasteiger partial charge in [-0.25, -0.2) is 69.8 Å². The smallest absolute Gasteiger partial charge is 0.345 e. The van der Waals surface area contributed by atoms with Crippen LogP contribution in [0.3, 0.4) is 0 Å². The maximum Gasteiger partial charge on any atom is 0.345 e. The Balaban J connectivity index is 0.000000194. The van der Waals surface area contributed by atoms with E-state index in [1.807, 2.05) is 43.3 Å². The second-order valence-corrected chi connectivity index (χ2v) is 24.3. The molecule has 3 aromatic carbocycles. The molecule has 2 bridgehead atoms. The first-order valence-corrected chi connectivity index (χ1v) is 31.2. The third kappa shape index (κ3) is 21.1. The molecular formula is C60H83F5N16O11S. The predicted octanol–water partition coefficient (Wildman–Crippen LogP) is 3.60. The van der Waals surface area contributed by atoms with E-state index in [1.54, 1.807) is 81.0 Å². The van der Waals surface area contributed by atoms with Crippen molar-refractivity contribution in [3.63, 3.8) is 0 Å². The number of nitrogens with one attached hydrogen (secondary N) is 1. The number of hydrogen-bond donors (Lipinski definition) is 2. The van der Waals surface area contributed by atoms with Crippen LogP contribution in [0.1, 0.15) is 71.5 Å². The van der Waals surface area contributed by atoms with Crippen LogP contribution < -0.4 is 28.4 Å². The van der Waals surface area contributed by atoms with Crippen molar-refractivity contribution in [1.29, 1.82) is 0 Å². The average molecular weight is 1330 g/mol. The minimum absolute atomic E-state index is 0.0179. The van der Waals surface area contributed by atoms with E-state index in [1.165, 1.54) is 58.8 Å². The Bertz CT molecular complexity index is 4090. The van der Waals surface area contributed by atoms with Gasteiger partial charge in [0.25, 0.3) is 10.1 Å². The molecule has 0 aliphatic carbocycles. The number of alkyl halides is 4. The standard InChI is InChI=1S/C21H28F2N4O2.C14H18FN3O4S.C14H18FN3O2.C7H12FN3O2.C4H7N3O/c1-14-24-27(21(28)25(14)2)12-17(23)11-26-18-6-7-19(26)10-20(9-18)29-13-15-4-3-5-16(22)8-15;1-10-4-6-13(7-5-10)23(20,21)22-9-12(15)8-18-14(19)17(3)11(2)16-18;1-11-16-18(14(19)17(11)2)8-13(15)10-20-9-12-6-4-3-5-7-12;1-5-9-11(3-6(8)4-12)7(13)10(5)2;1-3-5-6-4(8)7(3)2/h3-5,8,17-20H,6-7,9-13H2,1-2H3;4-7,12H,8-9H2,1-3H3;3-7,13H,8-10H2,1-2H3;6,12H,3-4H2,1-2H3;1-2H3,(H,6,8)/t17-,18?,19?,20?;12-;13-;6-;/m1000./s1. The van der Waals surface area contributed by atoms with Gasteiger partial charge in [0.05, 0.1) is 70.2 Å². The van der Waals surface area contributed by atoms with Gasteiger partial charge >= 0.3 is 28.4 Å². The summed E-state index contributed by atoms with van der Waals surface area (Å²) in [6.07, 6.45) is -1.59. The summed E-state index contributed by atoms with van der Waals surface area (Å²) in [7, 11) is 3.97. The number of benzene rings is 3. The summed E-state index contributed by atoms with van der Waals surface area (Å²) in [4.78, 5) is 59.4. The molecule has 0 amide bonds. The summed E-state index contributed by atoms with van der Waals surface area (Å²) in [5, 5.41) is 30.2. The number of aliphatic hydroxyl groups is 1. The molecule has 2 saturated heterocycles. The van der Waals surface area contributed by atoms with Crippen molar-refractivity contribution >= 4 is 10.1 Å². The number of H-pyrrole nitrogens is 1. The van der Waals surface area contributed by atoms with Crippen LogP contribution in [-0.2, 0) is 98.4 Å². The molecule has 33 heteroatoms. The lowest BCUT2D eigenvalue weighted by Crippen LogP contribution is -2.48. The fourth-order valence-electron chi connectivity index (χ4n) is 9.80. The van der Waals surface area contributed by atoms with E-state index in [0.717, 1.165) is 56.4 Å². The van der Waals surface area contributed by atoms with E-state index in [0.29, 0.717) is 61.0 Å². The van der Waals surface area contributed by atoms with Crippen molar-refractivity contribution in [2.45, 2.75) is 154 Å². The van der Waals surface area contributed by atoms with E-state index < -0.39 is 53.7 Å². The molecule has 8 aromatic rings. The maximum atomic E-state index is 14.8. The van der Waals surface area contributed by atoms with Crippen molar-refractivity contribution in [1.82, 2.24) is 77.1 Å². The van der Waals surface area contributed by atoms with Gasteiger partial charge in [0.2, 0.25) is 0 Å². The quantitative estimate of drug-likeness (QED) is 0.0724. The Morgan fingerprint density at radius 2 is 1.00 bits per heavy atom. The minimum Gasteiger partial charge on any atom is -0.393 e. The number of fused-ring (bicyclic) bond motifs is 2. The molecule has 0 spiro atoms. The Morgan fingerprint density at radius 1 is 0.548 bits per heavy atom. The zero-order valence-electron chi connectivity index (χ0n) is 54.0. The van der Waals surface area contributed by atoms with Crippen LogP contribution in [0.2, 0.25) is 0 Å². The number of aromatic amines is 1. The number of piperidine rings is 1. The molecule has 2 unspecified atom stereocenters. The highest BCUT2D eigenvalue weighted by molar-refractivity contribution is 7.86. The molecule has 0 radical (unpaired) electrons. The van der Waals surface area contributed by atoms with Crippen LogP contribution in [0, 0.1) is 47.4 Å². The SMILES string of the molecule is Cc1ccc(S(=O)(=O)OC[C@@H](F)Cn2nc(C)n(C)c2=O)cc1.Cc1n[nH]c(=O)n1C.Cc1nn(C[C@H](F)CN2C3CCC2CC(OCc2cccc(F)c2)C3)c(=O)n1C.Cc1nn(C[C@H](F)CO)c(=O)n1C.Cc1nn(C[C@H](F)COCc2ccccc2)c(=O)n1C. The number of rotatable bonds is 22. The molecule has 5 aromatic heterocycles. The first-order valence-electron chi connectivity index (χ1n) is 29.8. The molecule has 10 rings (SSSR count). The Hall–Kier alpha value is -8.24. The van der Waals surface area contributed by atoms with Crippen LogP contribution in [0.25, 0.3) is 0 Å². The third-order valence-electron chi connectivity index (χ3n) is 15.6. The number of nitrogens with zero attached hydrogens (tertiary/aromatic N) is 15. The topological polar surface area (TPSA) is 295 Å². The van der Waals surface area contributed by atoms with E-state index in [9.17, 15) is 54.3 Å². The van der Waals surface area contributed by atoms with Crippen LogP contribution >= 0.6 is 0 Å². The van der Waals surface area contributed by atoms with Crippen molar-refractivity contribution < 1.29 is 49.1 Å². The Kier molecular flexibility index (Phi) is 27.0. The molecule has 6 atom stereocenters. The lowest BCUT2D eigenvalue weighted by atomic mass is 9.99. The van der Waals surface area contributed by atoms with Gasteiger partial charge in [-0.2, -0.15) is 33.9 Å². The zero-order valence-corrected chi connectivity index (χ0v) is 54.8. The van der Waals surface area contributed by atoms with Crippen molar-refractivity contribution in [2.24, 2.45) is 35.2 Å². The predicted molar refractivity (Wildman–Crippen MR) is 332 cm³/mol. The average Bonchev–Trinajstić information content (AvgIpc) is 1.80. The number of aliphatic hydroxyl groups excluding tert-OH is 1. The summed E-state index contributed by atoms with van der Waals surface area (Å²) in [6.45, 7) is 9.36. The molecule has 7 heterocycles. The van der Waals surface area contributed by atoms with E-state index >= 15 is 0 Å². The number of halogens is 5. The number of aryl methyl sites for hydroxylation is 6. The zero-order chi connectivity index (χ0) is 68.4. The molecule has 27 nitrogen and oxygen atoms in total. The lowest BCUT2D eigenvalue weighted by Gasteiger charge is -2.39. The molecule has 2 aliphatic rings. The Morgan fingerprint density at radius 3 is 1.41 bits per heavy atom. The van der Waals surface area contributed by atoms with Gasteiger partial charge in [0.1, 0.15) is 59.6 Å². The monoisotopic (exact) mass is 1330 g/mol. The first kappa shape index (κ1) is 73.8. The largest absolute Gasteiger partial charge is 0.393 e. The highest BCUT2D eigenvalue weighted by Gasteiger charge is 2.42. The number of hydrogen-bond acceptors (Lipinski definition) is 17. The molecule has 510 valence electrons. The van der Waals surface area contributed by atoms with Crippen molar-refractivity contribution in [3.05, 3.63) is 183 Å². The summed E-state index contributed by atoms with van der Waals surface area (Å²) >= 11 is 0. The van der Waals surface area contributed by atoms with Crippen LogP contribution in [0.4, 0.5) is 22.0 Å². The van der Waals surface area contributed by atoms with E-state index in [2.05, 4.69) is 35.5 Å². The van der Waals surface area contributed by atoms with Gasteiger partial charge < -0.3 is 14.6 Å². The fourth-order valence-corrected chi connectivity index (χ4v) is 10.7. The fraction of sp³-hybridized carbons (Fsp3) is 0.533. The first-order chi connectivity index (χ1) is 44.0. The molecule has 0 saturated carbocycles. The molecule has 2 fully saturated rings. The van der Waals surface area contributed by atoms with Crippen molar-refractivity contribution in [2.75, 3.05) is 26.4 Å². The van der Waals surface area contributed by atoms with Gasteiger partial charge in [-0.05, 0) is 103 Å². The highest BCUT2D eigenvalue weighted by Crippen LogP contribution is 2.37. The molecule has 2 N–H and O–H groups in total. The van der Waals surface area contributed by atoms with Gasteiger partial charge in [-0.15, -0.1) is 0 Å². The number of aromatic nitrogens is 15. The normalized spacial score (nSPS) is 16.6. The Labute approximate surface area is 533 Å². The van der Waals surface area contributed by atoms with E-state index in [-0.39, 0.29) is 72.4 Å². The highest BCUT2D eigenvalue weighted by atomic mass is 32.2. The number of ether oxygens (including phenoxy) is 2. The molecule has 93 heavy (non-hydrogen) atoms. The molecular weight excluding hydrogens is 1250 g/mol. The second kappa shape index (κ2) is 34.1. The summed E-state index contributed by atoms with van der Waals surface area (Å²) < 4.78 is 120. The second-order valence-electron chi connectivity index (χ2n) is 22.7. The summed E-state index contributed by atoms with van der Waals surface area (Å²) in [5.74, 6) is 2.56. The van der Waals surface area contributed by atoms with Crippen LogP contribution in [0.5, 0.6) is 0 Å². The third-order valence-corrected chi connectivity index (χ3v) is 16.9. The summed E-state index contributed by atoms with van der Waals surface area (Å²) in [5.41, 5.74) is 1.14. The van der Waals surface area contributed by atoms with Crippen LogP contribution in [-0.4, -0.2) is 160 Å². The van der Waals surface area contributed by atoms with Gasteiger partial charge in [0.15, 0.2) is 0 Å². The van der Waals surface area contributed by atoms with Gasteiger partial charge in [0, 0.05) is 53.9 Å². The van der Waals surface area contributed by atoms with Crippen molar-refractivity contribution in [3.8, 4) is 0 Å². The minimum atomic E-state index is -4.03. The van der Waals surface area contributed by atoms with Gasteiger partial charge in [-0.3, -0.25) is 31.9 Å². The van der Waals surface area contributed by atoms with Crippen LogP contribution in [0.15, 0.2) is 108 Å². The maximum absolute atomic E-state index is 14.8. The summed E-state index contributed by atoms with van der Waals surface area (Å²) in [6, 6.07) is 22.7. The van der Waals surface area contributed by atoms with Gasteiger partial charge in [-0.1, -0.05) is 60.2 Å².